The Hall–Kier alpha value is -0.600. The summed E-state index contributed by atoms with van der Waals surface area (Å²) in [7, 11) is 0. The first-order valence-electron chi connectivity index (χ1n) is 7.68. The van der Waals surface area contributed by atoms with E-state index in [1.807, 2.05) is 0 Å². The fraction of sp³-hybridized carbons (Fsp3) is 0.647. The maximum absolute atomic E-state index is 13.5. The van der Waals surface area contributed by atoms with E-state index < -0.39 is 0 Å². The number of hydrogen-bond acceptors (Lipinski definition) is 1. The third-order valence-corrected chi connectivity index (χ3v) is 4.74. The Bertz CT molecular complexity index is 439. The lowest BCUT2D eigenvalue weighted by atomic mass is 9.70. The molecule has 0 atom stereocenters. The molecular formula is C17H25ClFN. The first-order valence-corrected chi connectivity index (χ1v) is 8.06. The molecule has 0 saturated heterocycles. The molecule has 1 fully saturated rings. The second kappa shape index (κ2) is 6.91. The first-order chi connectivity index (χ1) is 9.51. The van der Waals surface area contributed by atoms with Crippen LogP contribution in [0.2, 0.25) is 5.02 Å². The minimum atomic E-state index is -0.188. The molecule has 0 radical (unpaired) electrons. The maximum Gasteiger partial charge on any atom is 0.123 e. The van der Waals surface area contributed by atoms with E-state index in [1.54, 1.807) is 12.1 Å². The van der Waals surface area contributed by atoms with Gasteiger partial charge in [0, 0.05) is 17.6 Å². The summed E-state index contributed by atoms with van der Waals surface area (Å²) in [5.74, 6) is -0.188. The van der Waals surface area contributed by atoms with Crippen molar-refractivity contribution in [2.24, 2.45) is 5.41 Å². The minimum absolute atomic E-state index is 0.188. The van der Waals surface area contributed by atoms with Crippen LogP contribution in [0.5, 0.6) is 0 Å². The van der Waals surface area contributed by atoms with Gasteiger partial charge >= 0.3 is 0 Å². The quantitative estimate of drug-likeness (QED) is 0.809. The van der Waals surface area contributed by atoms with E-state index in [1.165, 1.54) is 38.2 Å². The van der Waals surface area contributed by atoms with Crippen LogP contribution in [-0.4, -0.2) is 12.6 Å². The summed E-state index contributed by atoms with van der Waals surface area (Å²) in [6, 6.07) is 5.20. The molecule has 1 aromatic carbocycles. The van der Waals surface area contributed by atoms with Gasteiger partial charge in [-0.15, -0.1) is 0 Å². The van der Waals surface area contributed by atoms with Crippen LogP contribution in [0.4, 0.5) is 4.39 Å². The molecule has 0 bridgehead atoms. The Balaban J connectivity index is 2.16. The normalized spacial score (nSPS) is 18.4. The highest BCUT2D eigenvalue weighted by Gasteiger charge is 2.32. The van der Waals surface area contributed by atoms with Gasteiger partial charge in [0.25, 0.3) is 0 Å². The van der Waals surface area contributed by atoms with Gasteiger partial charge in [-0.25, -0.2) is 4.39 Å². The topological polar surface area (TPSA) is 12.0 Å². The molecule has 0 aromatic heterocycles. The molecule has 0 aliphatic heterocycles. The van der Waals surface area contributed by atoms with Crippen LogP contribution in [0, 0.1) is 11.2 Å². The van der Waals surface area contributed by atoms with Crippen molar-refractivity contribution in [3.8, 4) is 0 Å². The van der Waals surface area contributed by atoms with Crippen molar-refractivity contribution in [3.63, 3.8) is 0 Å². The standard InChI is InChI=1S/C17H25ClFN/c1-13(2)20-12-17(8-4-3-5-9-17)11-14-10-15(19)6-7-16(14)18/h6-7,10,13,20H,3-5,8-9,11-12H2,1-2H3. The molecule has 1 aromatic rings. The molecule has 0 heterocycles. The average Bonchev–Trinajstić information content (AvgIpc) is 2.42. The highest BCUT2D eigenvalue weighted by Crippen LogP contribution is 2.40. The Morgan fingerprint density at radius 3 is 2.60 bits per heavy atom. The van der Waals surface area contributed by atoms with E-state index in [4.69, 9.17) is 11.6 Å². The van der Waals surface area contributed by atoms with Crippen molar-refractivity contribution in [1.82, 2.24) is 5.32 Å². The zero-order valence-electron chi connectivity index (χ0n) is 12.5. The van der Waals surface area contributed by atoms with Crippen LogP contribution < -0.4 is 5.32 Å². The zero-order chi connectivity index (χ0) is 14.6. The van der Waals surface area contributed by atoms with Gasteiger partial charge in [-0.05, 0) is 48.4 Å². The second-order valence-electron chi connectivity index (χ2n) is 6.51. The van der Waals surface area contributed by atoms with Crippen molar-refractivity contribution >= 4 is 11.6 Å². The van der Waals surface area contributed by atoms with Gasteiger partial charge in [0.1, 0.15) is 5.82 Å². The van der Waals surface area contributed by atoms with Crippen LogP contribution >= 0.6 is 11.6 Å². The van der Waals surface area contributed by atoms with Crippen molar-refractivity contribution in [3.05, 3.63) is 34.6 Å². The summed E-state index contributed by atoms with van der Waals surface area (Å²) >= 11 is 6.25. The Morgan fingerprint density at radius 2 is 1.95 bits per heavy atom. The lowest BCUT2D eigenvalue weighted by molar-refractivity contribution is 0.176. The van der Waals surface area contributed by atoms with Crippen molar-refractivity contribution in [2.75, 3.05) is 6.54 Å². The Morgan fingerprint density at radius 1 is 1.25 bits per heavy atom. The highest BCUT2D eigenvalue weighted by atomic mass is 35.5. The molecule has 20 heavy (non-hydrogen) atoms. The summed E-state index contributed by atoms with van der Waals surface area (Å²) in [5.41, 5.74) is 1.19. The van der Waals surface area contributed by atoms with Gasteiger partial charge in [-0.3, -0.25) is 0 Å². The van der Waals surface area contributed by atoms with Crippen molar-refractivity contribution in [2.45, 2.75) is 58.4 Å². The highest BCUT2D eigenvalue weighted by molar-refractivity contribution is 6.31. The van der Waals surface area contributed by atoms with Crippen LogP contribution in [0.1, 0.15) is 51.5 Å². The first kappa shape index (κ1) is 15.8. The Kier molecular flexibility index (Phi) is 5.45. The average molecular weight is 298 g/mol. The monoisotopic (exact) mass is 297 g/mol. The number of benzene rings is 1. The number of nitrogens with one attached hydrogen (secondary N) is 1. The van der Waals surface area contributed by atoms with E-state index >= 15 is 0 Å². The summed E-state index contributed by atoms with van der Waals surface area (Å²) in [5, 5.41) is 4.27. The van der Waals surface area contributed by atoms with E-state index in [2.05, 4.69) is 19.2 Å². The molecule has 1 N–H and O–H groups in total. The summed E-state index contributed by atoms with van der Waals surface area (Å²) in [6.45, 7) is 5.34. The van der Waals surface area contributed by atoms with Gasteiger partial charge in [-0.2, -0.15) is 0 Å². The molecule has 3 heteroatoms. The SMILES string of the molecule is CC(C)NCC1(Cc2cc(F)ccc2Cl)CCCCC1. The molecule has 1 nitrogen and oxygen atoms in total. The predicted octanol–water partition coefficient (Wildman–Crippen LogP) is 4.97. The maximum atomic E-state index is 13.5. The van der Waals surface area contributed by atoms with Gasteiger partial charge in [-0.1, -0.05) is 44.7 Å². The molecule has 1 saturated carbocycles. The summed E-state index contributed by atoms with van der Waals surface area (Å²) in [6.07, 6.45) is 7.15. The largest absolute Gasteiger partial charge is 0.314 e. The zero-order valence-corrected chi connectivity index (χ0v) is 13.3. The molecule has 0 amide bonds. The van der Waals surface area contributed by atoms with E-state index in [0.717, 1.165) is 18.5 Å². The molecular weight excluding hydrogens is 273 g/mol. The van der Waals surface area contributed by atoms with Crippen LogP contribution in [-0.2, 0) is 6.42 Å². The van der Waals surface area contributed by atoms with Gasteiger partial charge in [0.05, 0.1) is 0 Å². The molecule has 0 unspecified atom stereocenters. The van der Waals surface area contributed by atoms with Crippen molar-refractivity contribution < 1.29 is 4.39 Å². The van der Waals surface area contributed by atoms with E-state index in [-0.39, 0.29) is 11.2 Å². The second-order valence-corrected chi connectivity index (χ2v) is 6.92. The van der Waals surface area contributed by atoms with Gasteiger partial charge in [0.15, 0.2) is 0 Å². The number of hydrogen-bond donors (Lipinski definition) is 1. The molecule has 2 rings (SSSR count). The molecule has 112 valence electrons. The minimum Gasteiger partial charge on any atom is -0.314 e. The number of rotatable bonds is 5. The van der Waals surface area contributed by atoms with Crippen LogP contribution in [0.25, 0.3) is 0 Å². The van der Waals surface area contributed by atoms with Gasteiger partial charge in [0.2, 0.25) is 0 Å². The number of halogens is 2. The summed E-state index contributed by atoms with van der Waals surface area (Å²) < 4.78 is 13.5. The predicted molar refractivity (Wildman–Crippen MR) is 83.8 cm³/mol. The summed E-state index contributed by atoms with van der Waals surface area (Å²) in [4.78, 5) is 0. The molecule has 1 aliphatic carbocycles. The van der Waals surface area contributed by atoms with Crippen LogP contribution in [0.15, 0.2) is 18.2 Å². The molecule has 1 aliphatic rings. The smallest absolute Gasteiger partial charge is 0.123 e. The third kappa shape index (κ3) is 4.20. The third-order valence-electron chi connectivity index (χ3n) is 4.37. The van der Waals surface area contributed by atoms with E-state index in [0.29, 0.717) is 11.1 Å². The van der Waals surface area contributed by atoms with Gasteiger partial charge < -0.3 is 5.32 Å². The van der Waals surface area contributed by atoms with E-state index in [9.17, 15) is 4.39 Å². The lowest BCUT2D eigenvalue weighted by Crippen LogP contribution is -2.40. The van der Waals surface area contributed by atoms with Crippen LogP contribution in [0.3, 0.4) is 0 Å². The molecule has 0 spiro atoms. The lowest BCUT2D eigenvalue weighted by Gasteiger charge is -2.38. The Labute approximate surface area is 126 Å². The van der Waals surface area contributed by atoms with Crippen molar-refractivity contribution in [1.29, 1.82) is 0 Å². The fourth-order valence-corrected chi connectivity index (χ4v) is 3.41. The fourth-order valence-electron chi connectivity index (χ4n) is 3.22.